The van der Waals surface area contributed by atoms with Crippen LogP contribution < -0.4 is 5.32 Å². The van der Waals surface area contributed by atoms with Crippen LogP contribution in [0, 0.1) is 17.0 Å². The molecule has 18 heavy (non-hydrogen) atoms. The predicted octanol–water partition coefficient (Wildman–Crippen LogP) is 3.13. The first-order chi connectivity index (χ1) is 8.57. The SMILES string of the molecule is Cc1c(Cl)ccc([N+](=O)[O-])c1NCCCCCO. The van der Waals surface area contributed by atoms with Gasteiger partial charge in [-0.1, -0.05) is 11.6 Å². The number of aliphatic hydroxyl groups excluding tert-OH is 1. The van der Waals surface area contributed by atoms with Crippen LogP contribution in [0.4, 0.5) is 11.4 Å². The van der Waals surface area contributed by atoms with Crippen LogP contribution in [0.1, 0.15) is 24.8 Å². The second kappa shape index (κ2) is 7.18. The van der Waals surface area contributed by atoms with Gasteiger partial charge >= 0.3 is 0 Å². The number of aliphatic hydroxyl groups is 1. The minimum atomic E-state index is -0.417. The van der Waals surface area contributed by atoms with Gasteiger partial charge in [-0.2, -0.15) is 0 Å². The van der Waals surface area contributed by atoms with E-state index in [1.807, 2.05) is 0 Å². The van der Waals surface area contributed by atoms with Crippen molar-refractivity contribution in [2.45, 2.75) is 26.2 Å². The van der Waals surface area contributed by atoms with E-state index in [1.54, 1.807) is 6.92 Å². The molecule has 0 saturated heterocycles. The molecule has 5 nitrogen and oxygen atoms in total. The zero-order chi connectivity index (χ0) is 13.5. The molecule has 0 saturated carbocycles. The van der Waals surface area contributed by atoms with Gasteiger partial charge in [0.05, 0.1) is 4.92 Å². The van der Waals surface area contributed by atoms with E-state index in [0.29, 0.717) is 22.8 Å². The molecule has 0 atom stereocenters. The lowest BCUT2D eigenvalue weighted by atomic mass is 10.1. The van der Waals surface area contributed by atoms with E-state index in [1.165, 1.54) is 12.1 Å². The van der Waals surface area contributed by atoms with E-state index in [0.717, 1.165) is 19.3 Å². The summed E-state index contributed by atoms with van der Waals surface area (Å²) >= 11 is 5.96. The highest BCUT2D eigenvalue weighted by Crippen LogP contribution is 2.32. The summed E-state index contributed by atoms with van der Waals surface area (Å²) in [6, 6.07) is 2.94. The molecule has 0 spiro atoms. The molecule has 0 fully saturated rings. The van der Waals surface area contributed by atoms with Crippen LogP contribution in [0.3, 0.4) is 0 Å². The minimum absolute atomic E-state index is 0.0408. The molecule has 0 unspecified atom stereocenters. The molecule has 0 aliphatic heterocycles. The number of nitro groups is 1. The van der Waals surface area contributed by atoms with Gasteiger partial charge in [0, 0.05) is 24.2 Å². The largest absolute Gasteiger partial charge is 0.396 e. The summed E-state index contributed by atoms with van der Waals surface area (Å²) in [5.74, 6) is 0. The van der Waals surface area contributed by atoms with Crippen molar-refractivity contribution < 1.29 is 10.0 Å². The Bertz CT molecular complexity index is 424. The standard InChI is InChI=1S/C12H17ClN2O3/c1-9-10(13)5-6-11(15(17)18)12(9)14-7-3-2-4-8-16/h5-6,14,16H,2-4,7-8H2,1H3. The first kappa shape index (κ1) is 14.7. The van der Waals surface area contributed by atoms with Gasteiger partial charge in [0.2, 0.25) is 0 Å². The van der Waals surface area contributed by atoms with Gasteiger partial charge in [-0.25, -0.2) is 0 Å². The highest BCUT2D eigenvalue weighted by molar-refractivity contribution is 6.31. The van der Waals surface area contributed by atoms with E-state index in [4.69, 9.17) is 16.7 Å². The van der Waals surface area contributed by atoms with Crippen molar-refractivity contribution in [3.8, 4) is 0 Å². The summed E-state index contributed by atoms with van der Waals surface area (Å²) in [5, 5.41) is 23.1. The number of benzene rings is 1. The maximum atomic E-state index is 10.9. The molecule has 0 bridgehead atoms. The summed E-state index contributed by atoms with van der Waals surface area (Å²) in [6.45, 7) is 2.56. The van der Waals surface area contributed by atoms with Crippen molar-refractivity contribution in [2.75, 3.05) is 18.5 Å². The van der Waals surface area contributed by atoms with E-state index in [-0.39, 0.29) is 12.3 Å². The van der Waals surface area contributed by atoms with Crippen LogP contribution in [0.5, 0.6) is 0 Å². The Labute approximate surface area is 111 Å². The van der Waals surface area contributed by atoms with Gasteiger partial charge in [-0.05, 0) is 37.8 Å². The molecule has 0 aliphatic carbocycles. The molecular weight excluding hydrogens is 256 g/mol. The molecule has 6 heteroatoms. The van der Waals surface area contributed by atoms with E-state index < -0.39 is 4.92 Å². The van der Waals surface area contributed by atoms with Gasteiger partial charge < -0.3 is 10.4 Å². The molecule has 1 aromatic rings. The monoisotopic (exact) mass is 272 g/mol. The van der Waals surface area contributed by atoms with Crippen molar-refractivity contribution in [1.29, 1.82) is 0 Å². The van der Waals surface area contributed by atoms with Crippen molar-refractivity contribution in [2.24, 2.45) is 0 Å². The van der Waals surface area contributed by atoms with Crippen LogP contribution in [-0.2, 0) is 0 Å². The fourth-order valence-corrected chi connectivity index (χ4v) is 1.83. The highest BCUT2D eigenvalue weighted by atomic mass is 35.5. The molecule has 1 aromatic carbocycles. The molecule has 2 N–H and O–H groups in total. The Morgan fingerprint density at radius 2 is 2.11 bits per heavy atom. The average Bonchev–Trinajstić information content (AvgIpc) is 2.33. The molecule has 1 rings (SSSR count). The normalized spacial score (nSPS) is 10.4. The second-order valence-electron chi connectivity index (χ2n) is 4.03. The van der Waals surface area contributed by atoms with Gasteiger partial charge in [0.1, 0.15) is 5.69 Å². The molecule has 0 amide bonds. The lowest BCUT2D eigenvalue weighted by Crippen LogP contribution is -2.06. The van der Waals surface area contributed by atoms with Crippen LogP contribution in [-0.4, -0.2) is 23.2 Å². The van der Waals surface area contributed by atoms with Crippen LogP contribution in [0.2, 0.25) is 5.02 Å². The number of halogens is 1. The van der Waals surface area contributed by atoms with E-state index >= 15 is 0 Å². The Morgan fingerprint density at radius 3 is 2.72 bits per heavy atom. The predicted molar refractivity (Wildman–Crippen MR) is 72.3 cm³/mol. The highest BCUT2D eigenvalue weighted by Gasteiger charge is 2.17. The lowest BCUT2D eigenvalue weighted by Gasteiger charge is -2.11. The minimum Gasteiger partial charge on any atom is -0.396 e. The fourth-order valence-electron chi connectivity index (χ4n) is 1.67. The number of nitrogens with zero attached hydrogens (tertiary/aromatic N) is 1. The molecule has 0 aliphatic rings. The van der Waals surface area contributed by atoms with E-state index in [2.05, 4.69) is 5.32 Å². The number of anilines is 1. The van der Waals surface area contributed by atoms with Gasteiger partial charge in [-0.3, -0.25) is 10.1 Å². The third-order valence-electron chi connectivity index (χ3n) is 2.71. The van der Waals surface area contributed by atoms with Gasteiger partial charge in [0.15, 0.2) is 0 Å². The van der Waals surface area contributed by atoms with Gasteiger partial charge in [0.25, 0.3) is 5.69 Å². The Morgan fingerprint density at radius 1 is 1.39 bits per heavy atom. The number of rotatable bonds is 7. The third-order valence-corrected chi connectivity index (χ3v) is 3.12. The smallest absolute Gasteiger partial charge is 0.292 e. The molecule has 0 aromatic heterocycles. The summed E-state index contributed by atoms with van der Waals surface area (Å²) in [5.41, 5.74) is 1.21. The maximum Gasteiger partial charge on any atom is 0.292 e. The zero-order valence-corrected chi connectivity index (χ0v) is 11.0. The maximum absolute atomic E-state index is 10.9. The molecule has 100 valence electrons. The van der Waals surface area contributed by atoms with Gasteiger partial charge in [-0.15, -0.1) is 0 Å². The first-order valence-electron chi connectivity index (χ1n) is 5.86. The number of hydrogen-bond acceptors (Lipinski definition) is 4. The zero-order valence-electron chi connectivity index (χ0n) is 10.3. The summed E-state index contributed by atoms with van der Waals surface area (Å²) < 4.78 is 0. The Kier molecular flexibility index (Phi) is 5.88. The van der Waals surface area contributed by atoms with Crippen LogP contribution in [0.25, 0.3) is 0 Å². The van der Waals surface area contributed by atoms with Crippen molar-refractivity contribution in [3.05, 3.63) is 32.8 Å². The number of nitrogens with one attached hydrogen (secondary N) is 1. The number of hydrogen-bond donors (Lipinski definition) is 2. The first-order valence-corrected chi connectivity index (χ1v) is 6.24. The van der Waals surface area contributed by atoms with E-state index in [9.17, 15) is 10.1 Å². The topological polar surface area (TPSA) is 75.4 Å². The second-order valence-corrected chi connectivity index (χ2v) is 4.44. The summed E-state index contributed by atoms with van der Waals surface area (Å²) in [7, 11) is 0. The Hall–Kier alpha value is -1.33. The number of nitro benzene ring substituents is 1. The molecular formula is C12H17ClN2O3. The Balaban J connectivity index is 2.73. The van der Waals surface area contributed by atoms with Crippen molar-refractivity contribution in [3.63, 3.8) is 0 Å². The van der Waals surface area contributed by atoms with Crippen molar-refractivity contribution >= 4 is 23.0 Å². The molecule has 0 radical (unpaired) electrons. The summed E-state index contributed by atoms with van der Waals surface area (Å²) in [4.78, 5) is 10.5. The van der Waals surface area contributed by atoms with Crippen LogP contribution in [0.15, 0.2) is 12.1 Å². The summed E-state index contributed by atoms with van der Waals surface area (Å²) in [6.07, 6.45) is 2.48. The fraction of sp³-hybridized carbons (Fsp3) is 0.500. The third kappa shape index (κ3) is 3.85. The lowest BCUT2D eigenvalue weighted by molar-refractivity contribution is -0.384. The van der Waals surface area contributed by atoms with Crippen LogP contribution >= 0.6 is 11.6 Å². The van der Waals surface area contributed by atoms with Crippen molar-refractivity contribution in [1.82, 2.24) is 0 Å². The average molecular weight is 273 g/mol. The molecule has 0 heterocycles. The quantitative estimate of drug-likeness (QED) is 0.454. The number of unbranched alkanes of at least 4 members (excludes halogenated alkanes) is 2.